The zero-order valence-corrected chi connectivity index (χ0v) is 17.2. The smallest absolute Gasteiger partial charge is 0.343 e. The minimum absolute atomic E-state index is 0.177. The molecule has 150 valence electrons. The second kappa shape index (κ2) is 7.99. The van der Waals surface area contributed by atoms with E-state index in [0.717, 1.165) is 17.5 Å². The van der Waals surface area contributed by atoms with Gasteiger partial charge in [0.1, 0.15) is 11.5 Å². The van der Waals surface area contributed by atoms with Crippen molar-refractivity contribution in [3.05, 3.63) is 99.8 Å². The van der Waals surface area contributed by atoms with E-state index in [4.69, 9.17) is 9.47 Å². The van der Waals surface area contributed by atoms with Gasteiger partial charge in [-0.3, -0.25) is 4.79 Å². The summed E-state index contributed by atoms with van der Waals surface area (Å²) in [6, 6.07) is 18.5. The Morgan fingerprint density at radius 1 is 1.03 bits per heavy atom. The van der Waals surface area contributed by atoms with Gasteiger partial charge in [0, 0.05) is 5.56 Å². The van der Waals surface area contributed by atoms with Crippen LogP contribution >= 0.6 is 0 Å². The number of hydrogen-bond donors (Lipinski definition) is 0. The highest BCUT2D eigenvalue weighted by Gasteiger charge is 2.30. The predicted octanol–water partition coefficient (Wildman–Crippen LogP) is 5.70. The third kappa shape index (κ3) is 3.77. The van der Waals surface area contributed by atoms with E-state index in [9.17, 15) is 9.59 Å². The lowest BCUT2D eigenvalue weighted by atomic mass is 10.0. The summed E-state index contributed by atoms with van der Waals surface area (Å²) in [7, 11) is 0. The summed E-state index contributed by atoms with van der Waals surface area (Å²) in [5.41, 5.74) is 4.67. The van der Waals surface area contributed by atoms with Gasteiger partial charge in [0.2, 0.25) is 5.78 Å². The number of fused-ring (bicyclic) bond motifs is 1. The average Bonchev–Trinajstić information content (AvgIpc) is 3.07. The maximum atomic E-state index is 12.8. The molecule has 4 rings (SSSR count). The van der Waals surface area contributed by atoms with E-state index in [1.807, 2.05) is 43.3 Å². The van der Waals surface area contributed by atoms with Crippen molar-refractivity contribution in [1.29, 1.82) is 0 Å². The lowest BCUT2D eigenvalue weighted by Gasteiger charge is -2.10. The first kappa shape index (κ1) is 19.6. The van der Waals surface area contributed by atoms with Crippen LogP contribution in [-0.2, 0) is 6.42 Å². The molecule has 0 amide bonds. The van der Waals surface area contributed by atoms with Crippen LogP contribution in [0.3, 0.4) is 0 Å². The number of allylic oxidation sites excluding steroid dienone is 1. The van der Waals surface area contributed by atoms with Gasteiger partial charge in [0.25, 0.3) is 0 Å². The summed E-state index contributed by atoms with van der Waals surface area (Å²) in [5, 5.41) is 0. The van der Waals surface area contributed by atoms with Crippen LogP contribution in [-0.4, -0.2) is 11.8 Å². The van der Waals surface area contributed by atoms with Gasteiger partial charge < -0.3 is 9.47 Å². The molecular formula is C26H22O4. The molecule has 3 aromatic rings. The maximum Gasteiger partial charge on any atom is 0.343 e. The van der Waals surface area contributed by atoms with Crippen LogP contribution in [0.5, 0.6) is 11.5 Å². The summed E-state index contributed by atoms with van der Waals surface area (Å²) in [6.45, 7) is 5.80. The molecule has 4 heteroatoms. The quantitative estimate of drug-likeness (QED) is 0.321. The van der Waals surface area contributed by atoms with Gasteiger partial charge in [-0.1, -0.05) is 48.9 Å². The Morgan fingerprint density at radius 2 is 1.80 bits per heavy atom. The standard InChI is InChI=1S/C26H22O4/c1-4-18-8-10-19(11-9-18)15-23-24(27)21-12-13-22(17(3)25(21)29-23)30-26(28)20-7-5-6-16(2)14-20/h5-15H,4H2,1-3H3/b23-15-. The zero-order chi connectivity index (χ0) is 21.3. The van der Waals surface area contributed by atoms with Gasteiger partial charge in [0.05, 0.1) is 11.1 Å². The van der Waals surface area contributed by atoms with E-state index in [-0.39, 0.29) is 11.5 Å². The first-order valence-corrected chi connectivity index (χ1v) is 9.92. The minimum Gasteiger partial charge on any atom is -0.452 e. The molecule has 1 aliphatic heterocycles. The molecule has 0 N–H and O–H groups in total. The highest BCUT2D eigenvalue weighted by molar-refractivity contribution is 6.15. The normalized spacial score (nSPS) is 13.8. The molecule has 0 saturated heterocycles. The van der Waals surface area contributed by atoms with Crippen molar-refractivity contribution < 1.29 is 19.1 Å². The zero-order valence-electron chi connectivity index (χ0n) is 17.2. The molecule has 0 unspecified atom stereocenters. The Bertz CT molecular complexity index is 1170. The molecule has 0 radical (unpaired) electrons. The van der Waals surface area contributed by atoms with Crippen molar-refractivity contribution in [3.63, 3.8) is 0 Å². The number of rotatable bonds is 4. The average molecular weight is 398 g/mol. The van der Waals surface area contributed by atoms with Crippen LogP contribution in [0.15, 0.2) is 66.4 Å². The number of ketones is 1. The van der Waals surface area contributed by atoms with Crippen LogP contribution < -0.4 is 9.47 Å². The van der Waals surface area contributed by atoms with Crippen molar-refractivity contribution >= 4 is 17.8 Å². The minimum atomic E-state index is -0.446. The van der Waals surface area contributed by atoms with Gasteiger partial charge in [-0.15, -0.1) is 0 Å². The summed E-state index contributed by atoms with van der Waals surface area (Å²) in [4.78, 5) is 25.3. The summed E-state index contributed by atoms with van der Waals surface area (Å²) in [5.74, 6) is 0.453. The van der Waals surface area contributed by atoms with Crippen molar-refractivity contribution in [2.45, 2.75) is 27.2 Å². The van der Waals surface area contributed by atoms with Crippen molar-refractivity contribution in [1.82, 2.24) is 0 Å². The first-order chi connectivity index (χ1) is 14.5. The number of esters is 1. The molecule has 0 aromatic heterocycles. The molecule has 1 heterocycles. The molecule has 1 aliphatic rings. The van der Waals surface area contributed by atoms with E-state index in [2.05, 4.69) is 6.92 Å². The Kier molecular flexibility index (Phi) is 5.23. The van der Waals surface area contributed by atoms with Crippen molar-refractivity contribution in [2.24, 2.45) is 0 Å². The van der Waals surface area contributed by atoms with E-state index in [1.165, 1.54) is 5.56 Å². The summed E-state index contributed by atoms with van der Waals surface area (Å²) >= 11 is 0. The Balaban J connectivity index is 1.59. The fourth-order valence-electron chi connectivity index (χ4n) is 3.41. The largest absolute Gasteiger partial charge is 0.452 e. The molecule has 0 aliphatic carbocycles. The van der Waals surface area contributed by atoms with Gasteiger partial charge in [-0.05, 0) is 61.7 Å². The molecular weight excluding hydrogens is 376 g/mol. The molecule has 3 aromatic carbocycles. The molecule has 4 nitrogen and oxygen atoms in total. The molecule has 0 atom stereocenters. The SMILES string of the molecule is CCc1ccc(/C=C2\Oc3c(ccc(OC(=O)c4cccc(C)c4)c3C)C2=O)cc1. The second-order valence-electron chi connectivity index (χ2n) is 7.36. The van der Waals surface area contributed by atoms with Crippen LogP contribution in [0.4, 0.5) is 0 Å². The van der Waals surface area contributed by atoms with E-state index < -0.39 is 5.97 Å². The predicted molar refractivity (Wildman–Crippen MR) is 116 cm³/mol. The molecule has 0 bridgehead atoms. The first-order valence-electron chi connectivity index (χ1n) is 9.92. The van der Waals surface area contributed by atoms with Crippen LogP contribution in [0.1, 0.15) is 49.9 Å². The van der Waals surface area contributed by atoms with Crippen molar-refractivity contribution in [3.8, 4) is 11.5 Å². The Labute approximate surface area is 175 Å². The van der Waals surface area contributed by atoms with E-state index in [1.54, 1.807) is 37.3 Å². The molecule has 0 spiro atoms. The number of carbonyl (C=O) groups excluding carboxylic acids is 2. The van der Waals surface area contributed by atoms with Gasteiger partial charge in [0.15, 0.2) is 5.76 Å². The van der Waals surface area contributed by atoms with Gasteiger partial charge in [-0.2, -0.15) is 0 Å². The topological polar surface area (TPSA) is 52.6 Å². The van der Waals surface area contributed by atoms with Crippen LogP contribution in [0.2, 0.25) is 0 Å². The molecule has 30 heavy (non-hydrogen) atoms. The number of hydrogen-bond acceptors (Lipinski definition) is 4. The van der Waals surface area contributed by atoms with Crippen molar-refractivity contribution in [2.75, 3.05) is 0 Å². The highest BCUT2D eigenvalue weighted by Crippen LogP contribution is 2.39. The monoisotopic (exact) mass is 398 g/mol. The Hall–Kier alpha value is -3.66. The molecule has 0 saturated carbocycles. The Morgan fingerprint density at radius 3 is 2.50 bits per heavy atom. The third-order valence-corrected chi connectivity index (χ3v) is 5.18. The highest BCUT2D eigenvalue weighted by atomic mass is 16.5. The fourth-order valence-corrected chi connectivity index (χ4v) is 3.41. The van der Waals surface area contributed by atoms with E-state index >= 15 is 0 Å². The summed E-state index contributed by atoms with van der Waals surface area (Å²) < 4.78 is 11.5. The number of Topliss-reactive ketones (excluding diaryl/α,β-unsaturated/α-hetero) is 1. The van der Waals surface area contributed by atoms with Gasteiger partial charge in [-0.25, -0.2) is 4.79 Å². The van der Waals surface area contributed by atoms with Crippen LogP contribution in [0.25, 0.3) is 6.08 Å². The summed E-state index contributed by atoms with van der Waals surface area (Å²) in [6.07, 6.45) is 2.70. The number of aryl methyl sites for hydroxylation is 2. The number of carbonyl (C=O) groups is 2. The maximum absolute atomic E-state index is 12.8. The van der Waals surface area contributed by atoms with Crippen LogP contribution in [0, 0.1) is 13.8 Å². The fraction of sp³-hybridized carbons (Fsp3) is 0.154. The lowest BCUT2D eigenvalue weighted by molar-refractivity contribution is 0.0733. The van der Waals surface area contributed by atoms with Gasteiger partial charge >= 0.3 is 5.97 Å². The third-order valence-electron chi connectivity index (χ3n) is 5.18. The number of benzene rings is 3. The number of ether oxygens (including phenoxy) is 2. The second-order valence-corrected chi connectivity index (χ2v) is 7.36. The lowest BCUT2D eigenvalue weighted by Crippen LogP contribution is -2.09. The van der Waals surface area contributed by atoms with E-state index in [0.29, 0.717) is 28.2 Å². The molecule has 0 fully saturated rings.